The van der Waals surface area contributed by atoms with E-state index in [0.717, 1.165) is 38.8 Å². The first-order valence-electron chi connectivity index (χ1n) is 11.5. The van der Waals surface area contributed by atoms with E-state index in [2.05, 4.69) is 0 Å². The average molecular weight is 448 g/mol. The maximum absolute atomic E-state index is 13.5. The average Bonchev–Trinajstić information content (AvgIpc) is 3.08. The van der Waals surface area contributed by atoms with Gasteiger partial charge < -0.3 is 19.4 Å². The predicted molar refractivity (Wildman–Crippen MR) is 118 cm³/mol. The van der Waals surface area contributed by atoms with E-state index < -0.39 is 12.0 Å². The van der Waals surface area contributed by atoms with Gasteiger partial charge >= 0.3 is 0 Å². The maximum Gasteiger partial charge on any atom is 0.242 e. The number of ether oxygens (including phenoxy) is 1. The van der Waals surface area contributed by atoms with Crippen molar-refractivity contribution < 1.29 is 23.5 Å². The van der Waals surface area contributed by atoms with E-state index in [4.69, 9.17) is 4.74 Å². The number of methoxy groups -OCH3 is 1. The Bertz CT molecular complexity index is 793. The number of rotatable bonds is 7. The lowest BCUT2D eigenvalue weighted by atomic mass is 9.83. The standard InChI is InChI=1S/C24H34FN3O4/c1-26(17-22(30)27-13-5-3-4-6-14-27)24(31)20-11-12-21(29)28(15-16-32-2)23(20)18-7-9-19(25)10-8-18/h7-10,20,23H,3-6,11-17H2,1-2H3/t20-,23+/m1/s1. The summed E-state index contributed by atoms with van der Waals surface area (Å²) in [6.45, 7) is 2.19. The fraction of sp³-hybridized carbons (Fsp3) is 0.625. The van der Waals surface area contributed by atoms with Crippen molar-refractivity contribution in [1.82, 2.24) is 14.7 Å². The molecule has 0 saturated carbocycles. The second-order valence-electron chi connectivity index (χ2n) is 8.71. The molecule has 2 heterocycles. The Morgan fingerprint density at radius 3 is 2.41 bits per heavy atom. The lowest BCUT2D eigenvalue weighted by molar-refractivity contribution is -0.150. The van der Waals surface area contributed by atoms with Gasteiger partial charge in [-0.25, -0.2) is 4.39 Å². The lowest BCUT2D eigenvalue weighted by Crippen LogP contribution is -2.50. The molecule has 0 bridgehead atoms. The number of likely N-dealkylation sites (N-methyl/N-ethyl adjacent to an activating group) is 1. The van der Waals surface area contributed by atoms with E-state index in [1.807, 2.05) is 4.90 Å². The fourth-order valence-electron chi connectivity index (χ4n) is 4.72. The van der Waals surface area contributed by atoms with Crippen LogP contribution in [0.15, 0.2) is 24.3 Å². The number of benzene rings is 1. The topological polar surface area (TPSA) is 70.2 Å². The van der Waals surface area contributed by atoms with Gasteiger partial charge in [-0.05, 0) is 37.0 Å². The summed E-state index contributed by atoms with van der Waals surface area (Å²) >= 11 is 0. The maximum atomic E-state index is 13.5. The molecular formula is C24H34FN3O4. The van der Waals surface area contributed by atoms with E-state index in [1.54, 1.807) is 31.2 Å². The highest BCUT2D eigenvalue weighted by molar-refractivity contribution is 5.88. The molecule has 7 nitrogen and oxygen atoms in total. The van der Waals surface area contributed by atoms with E-state index in [1.165, 1.54) is 17.0 Å². The molecule has 0 spiro atoms. The molecule has 32 heavy (non-hydrogen) atoms. The van der Waals surface area contributed by atoms with Crippen molar-refractivity contribution in [2.24, 2.45) is 5.92 Å². The number of hydrogen-bond acceptors (Lipinski definition) is 4. The van der Waals surface area contributed by atoms with Gasteiger partial charge in [-0.1, -0.05) is 25.0 Å². The van der Waals surface area contributed by atoms with Crippen molar-refractivity contribution in [3.63, 3.8) is 0 Å². The van der Waals surface area contributed by atoms with Crippen LogP contribution < -0.4 is 0 Å². The fourth-order valence-corrected chi connectivity index (χ4v) is 4.72. The Morgan fingerprint density at radius 1 is 1.12 bits per heavy atom. The third-order valence-electron chi connectivity index (χ3n) is 6.48. The molecule has 0 unspecified atom stereocenters. The minimum Gasteiger partial charge on any atom is -0.383 e. The summed E-state index contributed by atoms with van der Waals surface area (Å²) in [5.41, 5.74) is 0.709. The molecule has 1 aromatic carbocycles. The molecule has 2 aliphatic heterocycles. The number of piperidine rings is 1. The first kappa shape index (κ1) is 24.2. The highest BCUT2D eigenvalue weighted by Crippen LogP contribution is 2.37. The number of amides is 3. The summed E-state index contributed by atoms with van der Waals surface area (Å²) < 4.78 is 18.7. The Kier molecular flexibility index (Phi) is 8.61. The zero-order chi connectivity index (χ0) is 23.1. The SMILES string of the molecule is COCCN1C(=O)CC[C@@H](C(=O)N(C)CC(=O)N2CCCCCC2)[C@@H]1c1ccc(F)cc1. The molecule has 8 heteroatoms. The highest BCUT2D eigenvalue weighted by Gasteiger charge is 2.41. The Morgan fingerprint density at radius 2 is 1.78 bits per heavy atom. The number of nitrogens with zero attached hydrogens (tertiary/aromatic N) is 3. The van der Waals surface area contributed by atoms with Crippen LogP contribution in [0.4, 0.5) is 4.39 Å². The summed E-state index contributed by atoms with van der Waals surface area (Å²) in [5.74, 6) is -1.13. The summed E-state index contributed by atoms with van der Waals surface area (Å²) in [6.07, 6.45) is 4.90. The van der Waals surface area contributed by atoms with E-state index in [-0.39, 0.29) is 36.5 Å². The molecule has 0 aliphatic carbocycles. The van der Waals surface area contributed by atoms with Crippen molar-refractivity contribution in [2.75, 3.05) is 46.9 Å². The molecule has 0 N–H and O–H groups in total. The van der Waals surface area contributed by atoms with Crippen molar-refractivity contribution in [3.05, 3.63) is 35.6 Å². The van der Waals surface area contributed by atoms with Gasteiger partial charge in [0.25, 0.3) is 0 Å². The molecule has 0 radical (unpaired) electrons. The molecule has 0 aromatic heterocycles. The first-order valence-corrected chi connectivity index (χ1v) is 11.5. The molecule has 2 fully saturated rings. The van der Waals surface area contributed by atoms with E-state index in [9.17, 15) is 18.8 Å². The molecule has 1 aromatic rings. The number of carbonyl (C=O) groups is 3. The highest BCUT2D eigenvalue weighted by atomic mass is 19.1. The largest absolute Gasteiger partial charge is 0.383 e. The molecule has 176 valence electrons. The zero-order valence-corrected chi connectivity index (χ0v) is 19.1. The molecule has 3 amide bonds. The monoisotopic (exact) mass is 447 g/mol. The minimum absolute atomic E-state index is 0.0253. The summed E-state index contributed by atoms with van der Waals surface area (Å²) in [7, 11) is 3.21. The third-order valence-corrected chi connectivity index (χ3v) is 6.48. The van der Waals surface area contributed by atoms with Crippen LogP contribution in [0.5, 0.6) is 0 Å². The number of likely N-dealkylation sites (tertiary alicyclic amines) is 2. The van der Waals surface area contributed by atoms with Gasteiger partial charge in [-0.3, -0.25) is 14.4 Å². The normalized spacial score (nSPS) is 21.9. The van der Waals surface area contributed by atoms with Crippen LogP contribution in [0.1, 0.15) is 50.1 Å². The summed E-state index contributed by atoms with van der Waals surface area (Å²) in [4.78, 5) is 44.0. The number of carbonyl (C=O) groups excluding carboxylic acids is 3. The van der Waals surface area contributed by atoms with Gasteiger partial charge in [-0.15, -0.1) is 0 Å². The second kappa shape index (κ2) is 11.4. The molecule has 3 rings (SSSR count). The Balaban J connectivity index is 1.78. The van der Waals surface area contributed by atoms with Crippen LogP contribution in [0.3, 0.4) is 0 Å². The Labute approximate surface area is 189 Å². The lowest BCUT2D eigenvalue weighted by Gasteiger charge is -2.42. The van der Waals surface area contributed by atoms with Crippen molar-refractivity contribution in [3.8, 4) is 0 Å². The summed E-state index contributed by atoms with van der Waals surface area (Å²) in [5, 5.41) is 0. The van der Waals surface area contributed by atoms with Gasteiger partial charge in [0.05, 0.1) is 25.1 Å². The smallest absolute Gasteiger partial charge is 0.242 e. The van der Waals surface area contributed by atoms with Crippen molar-refractivity contribution >= 4 is 17.7 Å². The number of hydrogen-bond donors (Lipinski definition) is 0. The van der Waals surface area contributed by atoms with Crippen molar-refractivity contribution in [1.29, 1.82) is 0 Å². The van der Waals surface area contributed by atoms with Gasteiger partial charge in [0.1, 0.15) is 5.82 Å². The van der Waals surface area contributed by atoms with E-state index in [0.29, 0.717) is 25.1 Å². The van der Waals surface area contributed by atoms with Crippen molar-refractivity contribution in [2.45, 2.75) is 44.6 Å². The van der Waals surface area contributed by atoms with Crippen LogP contribution in [-0.4, -0.2) is 79.4 Å². The first-order chi connectivity index (χ1) is 15.4. The van der Waals surface area contributed by atoms with Crippen LogP contribution >= 0.6 is 0 Å². The van der Waals surface area contributed by atoms with Gasteiger partial charge in [-0.2, -0.15) is 0 Å². The van der Waals surface area contributed by atoms with Crippen LogP contribution in [0.25, 0.3) is 0 Å². The van der Waals surface area contributed by atoms with Gasteiger partial charge in [0, 0.05) is 40.2 Å². The van der Waals surface area contributed by atoms with Gasteiger partial charge in [0.15, 0.2) is 0 Å². The van der Waals surface area contributed by atoms with Crippen LogP contribution in [0.2, 0.25) is 0 Å². The third kappa shape index (κ3) is 5.85. The van der Waals surface area contributed by atoms with E-state index >= 15 is 0 Å². The predicted octanol–water partition coefficient (Wildman–Crippen LogP) is 2.61. The summed E-state index contributed by atoms with van der Waals surface area (Å²) in [6, 6.07) is 5.42. The van der Waals surface area contributed by atoms with Crippen LogP contribution in [-0.2, 0) is 19.1 Å². The zero-order valence-electron chi connectivity index (χ0n) is 19.1. The molecule has 2 saturated heterocycles. The van der Waals surface area contributed by atoms with Gasteiger partial charge in [0.2, 0.25) is 17.7 Å². The second-order valence-corrected chi connectivity index (χ2v) is 8.71. The molecule has 2 atom stereocenters. The Hall–Kier alpha value is -2.48. The number of halogens is 1. The quantitative estimate of drug-likeness (QED) is 0.644. The van der Waals surface area contributed by atoms with Crippen LogP contribution in [0, 0.1) is 11.7 Å². The minimum atomic E-state index is -0.518. The molecule has 2 aliphatic rings. The molecular weight excluding hydrogens is 413 g/mol.